The molecule has 0 radical (unpaired) electrons. The van der Waals surface area contributed by atoms with Crippen LogP contribution in [0.1, 0.15) is 49.5 Å². The van der Waals surface area contributed by atoms with Crippen molar-refractivity contribution in [2.45, 2.75) is 51.7 Å². The largest absolute Gasteiger partial charge is 0.460 e. The number of hydrogen-bond donors (Lipinski definition) is 3. The molecule has 4 N–H and O–H groups in total. The Labute approximate surface area is 245 Å². The van der Waals surface area contributed by atoms with E-state index in [0.29, 0.717) is 18.5 Å². The number of hydrogen-bond acceptors (Lipinski definition) is 8. The lowest BCUT2D eigenvalue weighted by Crippen LogP contribution is -2.28. The van der Waals surface area contributed by atoms with Gasteiger partial charge in [-0.25, -0.2) is 9.37 Å². The van der Waals surface area contributed by atoms with Gasteiger partial charge in [-0.1, -0.05) is 30.3 Å². The lowest BCUT2D eigenvalue weighted by atomic mass is 10.0. The van der Waals surface area contributed by atoms with Crippen molar-refractivity contribution in [2.24, 2.45) is 12.8 Å². The lowest BCUT2D eigenvalue weighted by molar-refractivity contribution is -0.155. The van der Waals surface area contributed by atoms with E-state index >= 15 is 4.39 Å². The topological polar surface area (TPSA) is 127 Å². The number of fused-ring (bicyclic) bond motifs is 1. The van der Waals surface area contributed by atoms with E-state index < -0.39 is 17.3 Å². The maximum atomic E-state index is 15.3. The van der Waals surface area contributed by atoms with Gasteiger partial charge in [-0.3, -0.25) is 14.3 Å². The summed E-state index contributed by atoms with van der Waals surface area (Å²) in [6.45, 7) is 5.43. The number of benzene rings is 2. The molecule has 0 unspecified atom stereocenters. The highest BCUT2D eigenvalue weighted by molar-refractivity contribution is 5.99. The molecule has 4 rings (SSSR count). The number of anilines is 4. The summed E-state index contributed by atoms with van der Waals surface area (Å²) in [5, 5.41) is 11.7. The quantitative estimate of drug-likeness (QED) is 0.209. The fraction of sp³-hybridized carbons (Fsp3) is 0.355. The van der Waals surface area contributed by atoms with Crippen LogP contribution >= 0.6 is 0 Å². The average molecular weight is 576 g/mol. The molecule has 2 heterocycles. The van der Waals surface area contributed by atoms with Gasteiger partial charge in [0.2, 0.25) is 0 Å². The molecule has 0 saturated heterocycles. The summed E-state index contributed by atoms with van der Waals surface area (Å²) in [6, 6.07) is 16.0. The molecule has 0 spiro atoms. The van der Waals surface area contributed by atoms with Crippen LogP contribution in [0, 0.1) is 5.82 Å². The molecule has 0 bridgehead atoms. The van der Waals surface area contributed by atoms with Gasteiger partial charge in [-0.2, -0.15) is 5.10 Å². The molecule has 2 aromatic heterocycles. The number of halogens is 1. The van der Waals surface area contributed by atoms with E-state index in [1.165, 1.54) is 0 Å². The van der Waals surface area contributed by atoms with Gasteiger partial charge in [0.05, 0.1) is 11.1 Å². The zero-order valence-corrected chi connectivity index (χ0v) is 24.9. The Morgan fingerprint density at radius 1 is 1.10 bits per heavy atom. The van der Waals surface area contributed by atoms with Gasteiger partial charge in [0, 0.05) is 44.7 Å². The van der Waals surface area contributed by atoms with E-state index in [1.54, 1.807) is 4.68 Å². The molecular formula is C31H38FN7O3. The molecule has 0 aliphatic carbocycles. The van der Waals surface area contributed by atoms with Crippen molar-refractivity contribution in [1.82, 2.24) is 14.8 Å². The molecule has 222 valence electrons. The standard InChI is InChI=1S/C31H38FN7O3/c1-31(2,3)42-26(40)15-13-20(16-19-10-8-7-9-11-19)35-29-24(32)18-23(27(33)41)28(36-29)34-21-12-14-25-22(17-21)30(38(4)5)37-39(25)6/h7-12,14,17-18,20H,13,15-16H2,1-6H3,(H2,33,41)(H2,34,35,36)/t20-/m0/s1. The molecule has 0 fully saturated rings. The maximum Gasteiger partial charge on any atom is 0.306 e. The number of aromatic nitrogens is 3. The number of carbonyl (C=O) groups excluding carboxylic acids is 2. The number of nitrogens with zero attached hydrogens (tertiary/aromatic N) is 4. The Balaban J connectivity index is 1.64. The molecule has 1 amide bonds. The number of ether oxygens (including phenoxy) is 1. The summed E-state index contributed by atoms with van der Waals surface area (Å²) in [7, 11) is 5.67. The molecule has 1 atom stereocenters. The monoisotopic (exact) mass is 575 g/mol. The van der Waals surface area contributed by atoms with E-state index in [1.807, 2.05) is 95.3 Å². The Bertz CT molecular complexity index is 1580. The van der Waals surface area contributed by atoms with E-state index in [2.05, 4.69) is 20.7 Å². The molecule has 42 heavy (non-hydrogen) atoms. The highest BCUT2D eigenvalue weighted by Crippen LogP contribution is 2.30. The SMILES string of the molecule is CN(C)c1nn(C)c2ccc(Nc3nc(N[C@@H](CCC(=O)OC(C)(C)C)Cc4ccccc4)c(F)cc3C(N)=O)cc12. The van der Waals surface area contributed by atoms with Crippen molar-refractivity contribution in [3.63, 3.8) is 0 Å². The Kier molecular flexibility index (Phi) is 8.99. The number of amides is 1. The van der Waals surface area contributed by atoms with Crippen LogP contribution < -0.4 is 21.3 Å². The second-order valence-electron chi connectivity index (χ2n) is 11.4. The molecular weight excluding hydrogens is 537 g/mol. The number of nitrogens with one attached hydrogen (secondary N) is 2. The fourth-order valence-electron chi connectivity index (χ4n) is 4.67. The first-order chi connectivity index (χ1) is 19.8. The van der Waals surface area contributed by atoms with Crippen LogP contribution in [0.5, 0.6) is 0 Å². The van der Waals surface area contributed by atoms with Gasteiger partial charge < -0.3 is 26.0 Å². The van der Waals surface area contributed by atoms with Crippen molar-refractivity contribution in [1.29, 1.82) is 0 Å². The number of nitrogens with two attached hydrogens (primary N) is 1. The first kappa shape index (κ1) is 30.3. The first-order valence-electron chi connectivity index (χ1n) is 13.7. The molecule has 2 aromatic carbocycles. The van der Waals surface area contributed by atoms with Gasteiger partial charge in [0.25, 0.3) is 5.91 Å². The number of esters is 1. The average Bonchev–Trinajstić information content (AvgIpc) is 3.24. The van der Waals surface area contributed by atoms with Crippen molar-refractivity contribution in [3.05, 3.63) is 71.5 Å². The van der Waals surface area contributed by atoms with Crippen LogP contribution in [-0.2, 0) is 23.0 Å². The predicted molar refractivity (Wildman–Crippen MR) is 164 cm³/mol. The van der Waals surface area contributed by atoms with E-state index in [9.17, 15) is 9.59 Å². The van der Waals surface area contributed by atoms with Gasteiger partial charge in [0.15, 0.2) is 17.5 Å². The van der Waals surface area contributed by atoms with Crippen molar-refractivity contribution in [3.8, 4) is 0 Å². The van der Waals surface area contributed by atoms with Crippen LogP contribution in [0.25, 0.3) is 10.9 Å². The molecule has 0 aliphatic rings. The number of pyridine rings is 1. The summed E-state index contributed by atoms with van der Waals surface area (Å²) in [5.74, 6) is -1.09. The number of primary amides is 1. The third kappa shape index (κ3) is 7.54. The minimum absolute atomic E-state index is 0.0657. The number of carbonyl (C=O) groups is 2. The van der Waals surface area contributed by atoms with Crippen molar-refractivity contribution in [2.75, 3.05) is 29.6 Å². The van der Waals surface area contributed by atoms with Crippen LogP contribution in [0.2, 0.25) is 0 Å². The van der Waals surface area contributed by atoms with Crippen LogP contribution in [-0.4, -0.2) is 52.4 Å². The fourth-order valence-corrected chi connectivity index (χ4v) is 4.67. The van der Waals surface area contributed by atoms with E-state index in [4.69, 9.17) is 10.5 Å². The lowest BCUT2D eigenvalue weighted by Gasteiger charge is -2.23. The first-order valence-corrected chi connectivity index (χ1v) is 13.7. The molecule has 11 heteroatoms. The summed E-state index contributed by atoms with van der Waals surface area (Å²) < 4.78 is 22.6. The van der Waals surface area contributed by atoms with Gasteiger partial charge in [0.1, 0.15) is 11.4 Å². The van der Waals surface area contributed by atoms with Gasteiger partial charge >= 0.3 is 5.97 Å². The Morgan fingerprint density at radius 2 is 1.81 bits per heavy atom. The summed E-state index contributed by atoms with van der Waals surface area (Å²) in [4.78, 5) is 31.1. The second-order valence-corrected chi connectivity index (χ2v) is 11.4. The minimum Gasteiger partial charge on any atom is -0.460 e. The Morgan fingerprint density at radius 3 is 2.45 bits per heavy atom. The molecule has 4 aromatic rings. The summed E-state index contributed by atoms with van der Waals surface area (Å²) >= 11 is 0. The van der Waals surface area contributed by atoms with E-state index in [-0.39, 0.29) is 35.6 Å². The number of aryl methyl sites for hydroxylation is 1. The highest BCUT2D eigenvalue weighted by Gasteiger charge is 2.22. The Hall–Kier alpha value is -4.67. The molecule has 0 aliphatic heterocycles. The molecule has 10 nitrogen and oxygen atoms in total. The third-order valence-corrected chi connectivity index (χ3v) is 6.54. The van der Waals surface area contributed by atoms with Crippen LogP contribution in [0.15, 0.2) is 54.6 Å². The van der Waals surface area contributed by atoms with Crippen molar-refractivity contribution < 1.29 is 18.7 Å². The van der Waals surface area contributed by atoms with Crippen LogP contribution in [0.4, 0.5) is 27.5 Å². The van der Waals surface area contributed by atoms with Crippen molar-refractivity contribution >= 4 is 45.9 Å². The smallest absolute Gasteiger partial charge is 0.306 e. The van der Waals surface area contributed by atoms with E-state index in [0.717, 1.165) is 28.4 Å². The minimum atomic E-state index is -0.822. The maximum absolute atomic E-state index is 15.3. The number of rotatable bonds is 11. The summed E-state index contributed by atoms with van der Waals surface area (Å²) in [5.41, 5.74) is 7.45. The predicted octanol–water partition coefficient (Wildman–Crippen LogP) is 5.16. The normalized spacial score (nSPS) is 12.2. The van der Waals surface area contributed by atoms with Crippen LogP contribution in [0.3, 0.4) is 0 Å². The molecule has 0 saturated carbocycles. The third-order valence-electron chi connectivity index (χ3n) is 6.54. The highest BCUT2D eigenvalue weighted by atomic mass is 19.1. The summed E-state index contributed by atoms with van der Waals surface area (Å²) in [6.07, 6.45) is 1.01. The van der Waals surface area contributed by atoms with Gasteiger partial charge in [-0.05, 0) is 63.4 Å². The van der Waals surface area contributed by atoms with Gasteiger partial charge in [-0.15, -0.1) is 0 Å². The zero-order chi connectivity index (χ0) is 30.6. The second kappa shape index (κ2) is 12.5. The zero-order valence-electron chi connectivity index (χ0n) is 24.9.